The molecule has 1 N–H and O–H groups in total. The van der Waals surface area contributed by atoms with Gasteiger partial charge < -0.3 is 15.0 Å². The zero-order valence-corrected chi connectivity index (χ0v) is 18.7. The fraction of sp³-hybridized carbons (Fsp3) is 0.542. The Morgan fingerprint density at radius 2 is 1.97 bits per heavy atom. The smallest absolute Gasteiger partial charge is 0.225 e. The van der Waals surface area contributed by atoms with Crippen molar-refractivity contribution in [3.63, 3.8) is 0 Å². The van der Waals surface area contributed by atoms with Gasteiger partial charge in [-0.3, -0.25) is 4.79 Å². The van der Waals surface area contributed by atoms with Gasteiger partial charge in [-0.1, -0.05) is 32.0 Å². The number of fused-ring (bicyclic) bond motifs is 1. The average Bonchev–Trinajstić information content (AvgIpc) is 2.67. The molecule has 1 aliphatic carbocycles. The molecule has 166 valence electrons. The van der Waals surface area contributed by atoms with Crippen molar-refractivity contribution in [2.75, 3.05) is 18.0 Å². The first-order valence-corrected chi connectivity index (χ1v) is 11.0. The van der Waals surface area contributed by atoms with Gasteiger partial charge in [-0.25, -0.2) is 14.4 Å². The van der Waals surface area contributed by atoms with Crippen LogP contribution in [-0.2, 0) is 22.4 Å². The van der Waals surface area contributed by atoms with Crippen LogP contribution in [0.1, 0.15) is 57.0 Å². The van der Waals surface area contributed by atoms with Gasteiger partial charge in [0.05, 0.1) is 30.4 Å². The SMILES string of the molecule is C[C@@H]1CN(c2ncc3c(n2)CC(C)(C)C[C@@H]3NC(=O)Cc2ccccc2F)C[C@H](C)O1. The van der Waals surface area contributed by atoms with E-state index < -0.39 is 0 Å². The Kier molecular flexibility index (Phi) is 5.97. The van der Waals surface area contributed by atoms with Crippen molar-refractivity contribution in [3.8, 4) is 0 Å². The molecule has 0 radical (unpaired) electrons. The van der Waals surface area contributed by atoms with Gasteiger partial charge in [-0.15, -0.1) is 0 Å². The van der Waals surface area contributed by atoms with E-state index in [2.05, 4.69) is 42.9 Å². The quantitative estimate of drug-likeness (QED) is 0.809. The lowest BCUT2D eigenvalue weighted by atomic mass is 9.74. The summed E-state index contributed by atoms with van der Waals surface area (Å²) in [7, 11) is 0. The van der Waals surface area contributed by atoms with Gasteiger partial charge in [-0.2, -0.15) is 0 Å². The van der Waals surface area contributed by atoms with Crippen LogP contribution in [0.25, 0.3) is 0 Å². The van der Waals surface area contributed by atoms with Crippen LogP contribution < -0.4 is 10.2 Å². The summed E-state index contributed by atoms with van der Waals surface area (Å²) < 4.78 is 19.8. The van der Waals surface area contributed by atoms with Crippen molar-refractivity contribution in [2.45, 2.75) is 65.2 Å². The minimum absolute atomic E-state index is 0.0137. The topological polar surface area (TPSA) is 67.4 Å². The van der Waals surface area contributed by atoms with E-state index in [0.29, 0.717) is 5.56 Å². The van der Waals surface area contributed by atoms with Crippen molar-refractivity contribution >= 4 is 11.9 Å². The van der Waals surface area contributed by atoms with Crippen LogP contribution in [0.2, 0.25) is 0 Å². The number of carbonyl (C=O) groups excluding carboxylic acids is 1. The zero-order chi connectivity index (χ0) is 22.2. The lowest BCUT2D eigenvalue weighted by molar-refractivity contribution is -0.121. The van der Waals surface area contributed by atoms with Gasteiger partial charge in [0, 0.05) is 24.8 Å². The normalized spacial score (nSPS) is 25.1. The highest BCUT2D eigenvalue weighted by atomic mass is 19.1. The van der Waals surface area contributed by atoms with Crippen LogP contribution in [0.3, 0.4) is 0 Å². The zero-order valence-electron chi connectivity index (χ0n) is 18.7. The van der Waals surface area contributed by atoms with E-state index in [-0.39, 0.29) is 41.8 Å². The molecule has 31 heavy (non-hydrogen) atoms. The molecular formula is C24H31FN4O2. The molecule has 1 aliphatic heterocycles. The van der Waals surface area contributed by atoms with E-state index in [1.807, 2.05) is 6.20 Å². The number of amides is 1. The van der Waals surface area contributed by atoms with E-state index in [1.54, 1.807) is 18.2 Å². The Labute approximate surface area is 183 Å². The van der Waals surface area contributed by atoms with Gasteiger partial charge in [0.1, 0.15) is 5.82 Å². The summed E-state index contributed by atoms with van der Waals surface area (Å²) in [5.41, 5.74) is 2.32. The average molecular weight is 427 g/mol. The molecule has 2 heterocycles. The van der Waals surface area contributed by atoms with Crippen molar-refractivity contribution < 1.29 is 13.9 Å². The van der Waals surface area contributed by atoms with Gasteiger partial charge >= 0.3 is 0 Å². The molecule has 6 nitrogen and oxygen atoms in total. The van der Waals surface area contributed by atoms with Crippen LogP contribution in [0.15, 0.2) is 30.5 Å². The van der Waals surface area contributed by atoms with Gasteiger partial charge in [0.25, 0.3) is 0 Å². The number of hydrogen-bond donors (Lipinski definition) is 1. The van der Waals surface area contributed by atoms with Crippen molar-refractivity contribution in [1.82, 2.24) is 15.3 Å². The molecule has 3 atom stereocenters. The van der Waals surface area contributed by atoms with E-state index in [1.165, 1.54) is 6.07 Å². The fourth-order valence-corrected chi connectivity index (χ4v) is 4.72. The molecule has 0 bridgehead atoms. The number of morpholine rings is 1. The second-order valence-corrected chi connectivity index (χ2v) is 9.67. The molecule has 0 saturated carbocycles. The number of halogens is 1. The highest BCUT2D eigenvalue weighted by Crippen LogP contribution is 2.40. The summed E-state index contributed by atoms with van der Waals surface area (Å²) in [6, 6.07) is 6.21. The van der Waals surface area contributed by atoms with E-state index in [9.17, 15) is 9.18 Å². The lowest BCUT2D eigenvalue weighted by Gasteiger charge is -2.38. The first-order chi connectivity index (χ1) is 14.7. The maximum absolute atomic E-state index is 14.0. The number of aromatic nitrogens is 2. The van der Waals surface area contributed by atoms with Crippen LogP contribution >= 0.6 is 0 Å². The minimum atomic E-state index is -0.357. The fourth-order valence-electron chi connectivity index (χ4n) is 4.72. The number of benzene rings is 1. The largest absolute Gasteiger partial charge is 0.372 e. The monoisotopic (exact) mass is 426 g/mol. The van der Waals surface area contributed by atoms with Crippen LogP contribution in [0.5, 0.6) is 0 Å². The number of nitrogens with zero attached hydrogens (tertiary/aromatic N) is 3. The van der Waals surface area contributed by atoms with Gasteiger partial charge in [0.15, 0.2) is 0 Å². The minimum Gasteiger partial charge on any atom is -0.372 e. The molecule has 1 saturated heterocycles. The number of nitrogens with one attached hydrogen (secondary N) is 1. The molecule has 1 fully saturated rings. The first kappa shape index (κ1) is 21.7. The van der Waals surface area contributed by atoms with Gasteiger partial charge in [0.2, 0.25) is 11.9 Å². The summed E-state index contributed by atoms with van der Waals surface area (Å²) in [6.45, 7) is 10.0. The molecule has 0 spiro atoms. The molecule has 7 heteroatoms. The van der Waals surface area contributed by atoms with E-state index >= 15 is 0 Å². The molecular weight excluding hydrogens is 395 g/mol. The Bertz CT molecular complexity index is 954. The maximum atomic E-state index is 14.0. The maximum Gasteiger partial charge on any atom is 0.225 e. The molecule has 2 aromatic rings. The number of anilines is 1. The van der Waals surface area contributed by atoms with Crippen LogP contribution in [-0.4, -0.2) is 41.2 Å². The Morgan fingerprint density at radius 1 is 1.26 bits per heavy atom. The highest BCUT2D eigenvalue weighted by molar-refractivity contribution is 5.79. The molecule has 1 aromatic carbocycles. The van der Waals surface area contributed by atoms with Crippen molar-refractivity contribution in [3.05, 3.63) is 53.1 Å². The predicted octanol–water partition coefficient (Wildman–Crippen LogP) is 3.60. The summed E-state index contributed by atoms with van der Waals surface area (Å²) in [5, 5.41) is 3.10. The third kappa shape index (κ3) is 5.03. The Hall–Kier alpha value is -2.54. The second kappa shape index (κ2) is 8.54. The third-order valence-electron chi connectivity index (χ3n) is 6.01. The Morgan fingerprint density at radius 3 is 2.68 bits per heavy atom. The predicted molar refractivity (Wildman–Crippen MR) is 117 cm³/mol. The Balaban J connectivity index is 1.54. The first-order valence-electron chi connectivity index (χ1n) is 11.0. The number of rotatable bonds is 4. The summed E-state index contributed by atoms with van der Waals surface area (Å²) in [6.07, 6.45) is 3.74. The highest BCUT2D eigenvalue weighted by Gasteiger charge is 2.35. The van der Waals surface area contributed by atoms with Crippen molar-refractivity contribution in [1.29, 1.82) is 0 Å². The van der Waals surface area contributed by atoms with Crippen LogP contribution in [0, 0.1) is 11.2 Å². The summed E-state index contributed by atoms with van der Waals surface area (Å²) in [4.78, 5) is 24.4. The van der Waals surface area contributed by atoms with Gasteiger partial charge in [-0.05, 0) is 43.7 Å². The molecule has 2 aliphatic rings. The standard InChI is InChI=1S/C24H31FN4O2/c1-15-13-29(14-16(2)31-15)23-26-12-18-20(10-24(3,4)11-21(18)28-23)27-22(30)9-17-7-5-6-8-19(17)25/h5-8,12,15-16,20H,9-11,13-14H2,1-4H3,(H,27,30)/t15-,16+,20-/m0/s1. The number of ether oxygens (including phenoxy) is 1. The molecule has 4 rings (SSSR count). The van der Waals surface area contributed by atoms with E-state index in [0.717, 1.165) is 43.1 Å². The van der Waals surface area contributed by atoms with Crippen molar-refractivity contribution in [2.24, 2.45) is 5.41 Å². The number of hydrogen-bond acceptors (Lipinski definition) is 5. The summed E-state index contributed by atoms with van der Waals surface area (Å²) in [5.74, 6) is 0.164. The molecule has 0 unspecified atom stereocenters. The van der Waals surface area contributed by atoms with Crippen LogP contribution in [0.4, 0.5) is 10.3 Å². The third-order valence-corrected chi connectivity index (χ3v) is 6.01. The second-order valence-electron chi connectivity index (χ2n) is 9.67. The molecule has 1 aromatic heterocycles. The number of carbonyl (C=O) groups is 1. The molecule has 1 amide bonds. The van der Waals surface area contributed by atoms with E-state index in [4.69, 9.17) is 9.72 Å². The summed E-state index contributed by atoms with van der Waals surface area (Å²) >= 11 is 0. The lowest BCUT2D eigenvalue weighted by Crippen LogP contribution is -2.46.